The third-order valence-electron chi connectivity index (χ3n) is 4.78. The van der Waals surface area contributed by atoms with E-state index in [2.05, 4.69) is 5.32 Å². The fourth-order valence-corrected chi connectivity index (χ4v) is 3.87. The van der Waals surface area contributed by atoms with Crippen LogP contribution >= 0.6 is 11.8 Å². The zero-order valence-corrected chi connectivity index (χ0v) is 18.8. The van der Waals surface area contributed by atoms with Gasteiger partial charge in [-0.2, -0.15) is 0 Å². The summed E-state index contributed by atoms with van der Waals surface area (Å²) in [5, 5.41) is 2.92. The van der Waals surface area contributed by atoms with Gasteiger partial charge in [-0.15, -0.1) is 11.8 Å². The first-order valence-electron chi connectivity index (χ1n) is 10.3. The molecule has 0 saturated heterocycles. The van der Waals surface area contributed by atoms with Crippen LogP contribution in [-0.4, -0.2) is 41.6 Å². The number of hydrogen-bond acceptors (Lipinski definition) is 3. The average Bonchev–Trinajstić information content (AvgIpc) is 2.74. The smallest absolute Gasteiger partial charge is 0.242 e. The van der Waals surface area contributed by atoms with Crippen molar-refractivity contribution in [3.05, 3.63) is 71.5 Å². The molecule has 1 N–H and O–H groups in total. The van der Waals surface area contributed by atoms with E-state index in [1.807, 2.05) is 44.2 Å². The molecule has 30 heavy (non-hydrogen) atoms. The number of benzene rings is 2. The molecule has 162 valence electrons. The van der Waals surface area contributed by atoms with Gasteiger partial charge in [-0.1, -0.05) is 62.4 Å². The van der Waals surface area contributed by atoms with Gasteiger partial charge in [0.2, 0.25) is 11.8 Å². The molecule has 0 aliphatic heterocycles. The first-order valence-corrected chi connectivity index (χ1v) is 11.5. The second kappa shape index (κ2) is 12.4. The Morgan fingerprint density at radius 2 is 1.70 bits per heavy atom. The summed E-state index contributed by atoms with van der Waals surface area (Å²) < 4.78 is 13.8. The van der Waals surface area contributed by atoms with E-state index in [1.165, 1.54) is 17.8 Å². The highest BCUT2D eigenvalue weighted by Crippen LogP contribution is 2.17. The maximum absolute atomic E-state index is 13.8. The quantitative estimate of drug-likeness (QED) is 0.579. The number of hydrogen-bond donors (Lipinski definition) is 1. The molecule has 2 aromatic carbocycles. The molecule has 0 saturated carbocycles. The largest absolute Gasteiger partial charge is 0.354 e. The van der Waals surface area contributed by atoms with Gasteiger partial charge in [0, 0.05) is 18.8 Å². The highest BCUT2D eigenvalue weighted by Gasteiger charge is 2.25. The van der Waals surface area contributed by atoms with Gasteiger partial charge < -0.3 is 10.2 Å². The number of amides is 2. The Labute approximate surface area is 183 Å². The fourth-order valence-electron chi connectivity index (χ4n) is 2.97. The van der Waals surface area contributed by atoms with Crippen LogP contribution in [0.5, 0.6) is 0 Å². The van der Waals surface area contributed by atoms with Crippen LogP contribution in [0.15, 0.2) is 54.6 Å². The first kappa shape index (κ1) is 23.9. The lowest BCUT2D eigenvalue weighted by Crippen LogP contribution is -2.50. The lowest BCUT2D eigenvalue weighted by molar-refractivity contribution is -0.138. The van der Waals surface area contributed by atoms with Crippen LogP contribution in [0.3, 0.4) is 0 Å². The summed E-state index contributed by atoms with van der Waals surface area (Å²) in [4.78, 5) is 27.2. The molecular formula is C24H31FN2O2S. The van der Waals surface area contributed by atoms with Crippen molar-refractivity contribution in [2.75, 3.05) is 18.8 Å². The molecule has 0 fully saturated rings. The van der Waals surface area contributed by atoms with E-state index in [0.717, 1.165) is 5.56 Å². The zero-order valence-electron chi connectivity index (χ0n) is 17.9. The molecule has 0 bridgehead atoms. The summed E-state index contributed by atoms with van der Waals surface area (Å²) in [5.41, 5.74) is 1.69. The minimum Gasteiger partial charge on any atom is -0.354 e. The van der Waals surface area contributed by atoms with Gasteiger partial charge in [0.1, 0.15) is 11.9 Å². The van der Waals surface area contributed by atoms with Crippen molar-refractivity contribution in [2.24, 2.45) is 5.92 Å². The summed E-state index contributed by atoms with van der Waals surface area (Å²) in [5.74, 6) is 0.429. The van der Waals surface area contributed by atoms with E-state index in [4.69, 9.17) is 0 Å². The number of carbonyl (C=O) groups is 2. The zero-order chi connectivity index (χ0) is 21.9. The Balaban J connectivity index is 1.99. The van der Waals surface area contributed by atoms with Crippen LogP contribution in [0.4, 0.5) is 4.39 Å². The van der Waals surface area contributed by atoms with Gasteiger partial charge in [0.15, 0.2) is 0 Å². The summed E-state index contributed by atoms with van der Waals surface area (Å²) in [6.07, 6.45) is 0.673. The topological polar surface area (TPSA) is 49.4 Å². The number of rotatable bonds is 11. The van der Waals surface area contributed by atoms with E-state index in [0.29, 0.717) is 36.7 Å². The van der Waals surface area contributed by atoms with Gasteiger partial charge in [0.25, 0.3) is 0 Å². The van der Waals surface area contributed by atoms with E-state index in [9.17, 15) is 14.0 Å². The molecule has 6 heteroatoms. The van der Waals surface area contributed by atoms with Gasteiger partial charge >= 0.3 is 0 Å². The van der Waals surface area contributed by atoms with Crippen molar-refractivity contribution in [1.82, 2.24) is 10.2 Å². The summed E-state index contributed by atoms with van der Waals surface area (Å²) in [7, 11) is 0. The molecule has 2 amide bonds. The van der Waals surface area contributed by atoms with Gasteiger partial charge in [0.05, 0.1) is 5.75 Å². The van der Waals surface area contributed by atoms with E-state index < -0.39 is 6.04 Å². The van der Waals surface area contributed by atoms with Crippen molar-refractivity contribution in [3.63, 3.8) is 0 Å². The molecule has 0 aliphatic rings. The van der Waals surface area contributed by atoms with Crippen molar-refractivity contribution in [3.8, 4) is 0 Å². The molecule has 2 aromatic rings. The van der Waals surface area contributed by atoms with Crippen LogP contribution in [-0.2, 0) is 21.8 Å². The van der Waals surface area contributed by atoms with Gasteiger partial charge in [-0.05, 0) is 36.5 Å². The SMILES string of the molecule is CC(C)CNC(=O)C(C)N(CCc1ccccc1)C(=O)CSCc1ccccc1F. The summed E-state index contributed by atoms with van der Waals surface area (Å²) in [6.45, 7) is 6.86. The molecular weight excluding hydrogens is 399 g/mol. The molecule has 0 aromatic heterocycles. The minimum atomic E-state index is -0.561. The van der Waals surface area contributed by atoms with Crippen LogP contribution in [0.2, 0.25) is 0 Å². The van der Waals surface area contributed by atoms with Crippen molar-refractivity contribution >= 4 is 23.6 Å². The maximum Gasteiger partial charge on any atom is 0.242 e. The Morgan fingerprint density at radius 3 is 2.37 bits per heavy atom. The number of nitrogens with one attached hydrogen (secondary N) is 1. The lowest BCUT2D eigenvalue weighted by atomic mass is 10.1. The fraction of sp³-hybridized carbons (Fsp3) is 0.417. The van der Waals surface area contributed by atoms with Crippen LogP contribution in [0, 0.1) is 11.7 Å². The molecule has 0 radical (unpaired) electrons. The number of carbonyl (C=O) groups excluding carboxylic acids is 2. The number of thioether (sulfide) groups is 1. The van der Waals surface area contributed by atoms with Crippen molar-refractivity contribution in [2.45, 2.75) is 39.0 Å². The average molecular weight is 431 g/mol. The van der Waals surface area contributed by atoms with E-state index in [1.54, 1.807) is 30.0 Å². The molecule has 0 aliphatic carbocycles. The molecule has 1 atom stereocenters. The number of nitrogens with zero attached hydrogens (tertiary/aromatic N) is 1. The monoisotopic (exact) mass is 430 g/mol. The van der Waals surface area contributed by atoms with Crippen LogP contribution in [0.25, 0.3) is 0 Å². The standard InChI is InChI=1S/C24H31FN2O2S/c1-18(2)15-26-24(29)19(3)27(14-13-20-9-5-4-6-10-20)23(28)17-30-16-21-11-7-8-12-22(21)25/h4-12,18-19H,13-17H2,1-3H3,(H,26,29). The van der Waals surface area contributed by atoms with Crippen LogP contribution < -0.4 is 5.32 Å². The van der Waals surface area contributed by atoms with Gasteiger partial charge in [-0.3, -0.25) is 9.59 Å². The second-order valence-corrected chi connectivity index (χ2v) is 8.71. The second-order valence-electron chi connectivity index (χ2n) is 7.72. The molecule has 2 rings (SSSR count). The van der Waals surface area contributed by atoms with Crippen LogP contribution in [0.1, 0.15) is 31.9 Å². The molecule has 0 spiro atoms. The normalized spacial score (nSPS) is 11.9. The number of halogens is 1. The Hall–Kier alpha value is -2.34. The Morgan fingerprint density at radius 1 is 1.03 bits per heavy atom. The Bertz CT molecular complexity index is 814. The summed E-state index contributed by atoms with van der Waals surface area (Å²) >= 11 is 1.36. The van der Waals surface area contributed by atoms with E-state index >= 15 is 0 Å². The maximum atomic E-state index is 13.8. The molecule has 0 heterocycles. The highest BCUT2D eigenvalue weighted by molar-refractivity contribution is 7.99. The third-order valence-corrected chi connectivity index (χ3v) is 5.74. The summed E-state index contributed by atoms with van der Waals surface area (Å²) in [6, 6.07) is 15.9. The third kappa shape index (κ3) is 7.82. The van der Waals surface area contributed by atoms with E-state index in [-0.39, 0.29) is 23.4 Å². The Kier molecular flexibility index (Phi) is 9.87. The predicted molar refractivity (Wildman–Crippen MR) is 122 cm³/mol. The van der Waals surface area contributed by atoms with Gasteiger partial charge in [-0.25, -0.2) is 4.39 Å². The van der Waals surface area contributed by atoms with Crippen molar-refractivity contribution in [1.29, 1.82) is 0 Å². The highest BCUT2D eigenvalue weighted by atomic mass is 32.2. The minimum absolute atomic E-state index is 0.112. The lowest BCUT2D eigenvalue weighted by Gasteiger charge is -2.29. The first-order chi connectivity index (χ1) is 14.4. The van der Waals surface area contributed by atoms with Crippen molar-refractivity contribution < 1.29 is 14.0 Å². The molecule has 1 unspecified atom stereocenters. The predicted octanol–water partition coefficient (Wildman–Crippen LogP) is 4.29. The molecule has 4 nitrogen and oxygen atoms in total.